The topological polar surface area (TPSA) is 113 Å². The van der Waals surface area contributed by atoms with Crippen LogP contribution in [0.15, 0.2) is 6.33 Å². The molecule has 1 rings (SSSR count). The van der Waals surface area contributed by atoms with E-state index in [1.807, 2.05) is 6.92 Å². The standard InChI is InChI=1S/C11H18N6O3/c1-4-12-10-9(17(19)20)11(15-7-14-10)13-6-5-8(18)16(2)3/h7H,4-6H2,1-3H3,(H2,12,13,14,15). The molecule has 2 N–H and O–H groups in total. The summed E-state index contributed by atoms with van der Waals surface area (Å²) in [5.41, 5.74) is -0.216. The van der Waals surface area contributed by atoms with Gasteiger partial charge < -0.3 is 15.5 Å². The molecule has 0 spiro atoms. The van der Waals surface area contributed by atoms with Crippen molar-refractivity contribution in [2.45, 2.75) is 13.3 Å². The number of carbonyl (C=O) groups is 1. The predicted molar refractivity (Wildman–Crippen MR) is 74.7 cm³/mol. The molecule has 0 fully saturated rings. The molecule has 0 saturated carbocycles. The molecule has 0 bridgehead atoms. The lowest BCUT2D eigenvalue weighted by atomic mass is 10.3. The summed E-state index contributed by atoms with van der Waals surface area (Å²) in [5.74, 6) is 0.197. The van der Waals surface area contributed by atoms with Gasteiger partial charge in [-0.3, -0.25) is 14.9 Å². The minimum absolute atomic E-state index is 0.0684. The Morgan fingerprint density at radius 3 is 2.45 bits per heavy atom. The molecule has 1 aromatic rings. The van der Waals surface area contributed by atoms with Crippen molar-refractivity contribution < 1.29 is 9.72 Å². The van der Waals surface area contributed by atoms with E-state index in [2.05, 4.69) is 20.6 Å². The average Bonchev–Trinajstić information content (AvgIpc) is 2.38. The molecule has 1 aromatic heterocycles. The van der Waals surface area contributed by atoms with Crippen LogP contribution in [0.2, 0.25) is 0 Å². The van der Waals surface area contributed by atoms with Crippen molar-refractivity contribution in [1.29, 1.82) is 0 Å². The van der Waals surface area contributed by atoms with E-state index in [1.165, 1.54) is 11.2 Å². The lowest BCUT2D eigenvalue weighted by Crippen LogP contribution is -2.24. The highest BCUT2D eigenvalue weighted by atomic mass is 16.6. The largest absolute Gasteiger partial charge is 0.364 e. The molecule has 0 aliphatic carbocycles. The van der Waals surface area contributed by atoms with Crippen molar-refractivity contribution in [1.82, 2.24) is 14.9 Å². The fraction of sp³-hybridized carbons (Fsp3) is 0.545. The second-order valence-corrected chi connectivity index (χ2v) is 4.17. The van der Waals surface area contributed by atoms with Gasteiger partial charge in [-0.1, -0.05) is 0 Å². The number of rotatable bonds is 7. The predicted octanol–water partition coefficient (Wildman–Crippen LogP) is 0.707. The monoisotopic (exact) mass is 282 g/mol. The molecule has 1 amide bonds. The molecule has 9 heteroatoms. The minimum Gasteiger partial charge on any atom is -0.364 e. The van der Waals surface area contributed by atoms with Crippen molar-refractivity contribution in [3.8, 4) is 0 Å². The van der Waals surface area contributed by atoms with E-state index < -0.39 is 4.92 Å². The normalized spacial score (nSPS) is 9.95. The van der Waals surface area contributed by atoms with Crippen LogP contribution in [0.5, 0.6) is 0 Å². The molecular formula is C11H18N6O3. The number of hydrogen-bond donors (Lipinski definition) is 2. The summed E-state index contributed by atoms with van der Waals surface area (Å²) in [6, 6.07) is 0. The first-order valence-electron chi connectivity index (χ1n) is 6.14. The number of nitrogens with zero attached hydrogens (tertiary/aromatic N) is 4. The lowest BCUT2D eigenvalue weighted by molar-refractivity contribution is -0.383. The summed E-state index contributed by atoms with van der Waals surface area (Å²) in [6.07, 6.45) is 1.46. The van der Waals surface area contributed by atoms with E-state index in [1.54, 1.807) is 14.1 Å². The van der Waals surface area contributed by atoms with Crippen LogP contribution >= 0.6 is 0 Å². The Labute approximate surface area is 116 Å². The van der Waals surface area contributed by atoms with E-state index in [9.17, 15) is 14.9 Å². The summed E-state index contributed by atoms with van der Waals surface area (Å²) < 4.78 is 0. The van der Waals surface area contributed by atoms with Gasteiger partial charge in [-0.15, -0.1) is 0 Å². The molecule has 9 nitrogen and oxygen atoms in total. The Balaban J connectivity index is 2.81. The molecule has 0 aliphatic heterocycles. The first-order valence-corrected chi connectivity index (χ1v) is 6.14. The summed E-state index contributed by atoms with van der Waals surface area (Å²) >= 11 is 0. The van der Waals surface area contributed by atoms with Gasteiger partial charge in [-0.2, -0.15) is 0 Å². The fourth-order valence-corrected chi connectivity index (χ4v) is 1.49. The molecule has 0 saturated heterocycles. The number of hydrogen-bond acceptors (Lipinski definition) is 7. The van der Waals surface area contributed by atoms with E-state index >= 15 is 0 Å². The van der Waals surface area contributed by atoms with E-state index in [-0.39, 0.29) is 36.2 Å². The Morgan fingerprint density at radius 2 is 1.95 bits per heavy atom. The lowest BCUT2D eigenvalue weighted by Gasteiger charge is -2.11. The zero-order chi connectivity index (χ0) is 15.1. The van der Waals surface area contributed by atoms with E-state index in [0.29, 0.717) is 6.54 Å². The van der Waals surface area contributed by atoms with Gasteiger partial charge in [0, 0.05) is 33.6 Å². The molecule has 110 valence electrons. The van der Waals surface area contributed by atoms with Gasteiger partial charge in [0.25, 0.3) is 0 Å². The molecule has 0 radical (unpaired) electrons. The van der Waals surface area contributed by atoms with Gasteiger partial charge in [0.2, 0.25) is 17.5 Å². The van der Waals surface area contributed by atoms with Crippen LogP contribution < -0.4 is 10.6 Å². The maximum Gasteiger partial charge on any atom is 0.353 e. The van der Waals surface area contributed by atoms with Crippen molar-refractivity contribution >= 4 is 23.2 Å². The Kier molecular flexibility index (Phi) is 5.63. The third-order valence-electron chi connectivity index (χ3n) is 2.48. The highest BCUT2D eigenvalue weighted by Crippen LogP contribution is 2.28. The van der Waals surface area contributed by atoms with Crippen LogP contribution in [0, 0.1) is 10.1 Å². The molecule has 1 heterocycles. The van der Waals surface area contributed by atoms with Crippen molar-refractivity contribution in [2.75, 3.05) is 37.8 Å². The Hall–Kier alpha value is -2.45. The van der Waals surface area contributed by atoms with Crippen LogP contribution in [-0.2, 0) is 4.79 Å². The number of carbonyl (C=O) groups excluding carboxylic acids is 1. The van der Waals surface area contributed by atoms with Gasteiger partial charge in [0.05, 0.1) is 4.92 Å². The molecule has 0 aliphatic rings. The minimum atomic E-state index is -0.548. The summed E-state index contributed by atoms with van der Waals surface area (Å²) in [5, 5.41) is 16.7. The van der Waals surface area contributed by atoms with Crippen LogP contribution in [0.1, 0.15) is 13.3 Å². The number of anilines is 2. The summed E-state index contributed by atoms with van der Waals surface area (Å²) in [4.78, 5) is 31.1. The van der Waals surface area contributed by atoms with Crippen LogP contribution in [0.25, 0.3) is 0 Å². The Morgan fingerprint density at radius 1 is 1.35 bits per heavy atom. The zero-order valence-corrected chi connectivity index (χ0v) is 11.7. The van der Waals surface area contributed by atoms with Gasteiger partial charge in [-0.05, 0) is 6.92 Å². The second kappa shape index (κ2) is 7.22. The molecule has 0 unspecified atom stereocenters. The number of nitrogens with one attached hydrogen (secondary N) is 2. The maximum absolute atomic E-state index is 11.4. The second-order valence-electron chi connectivity index (χ2n) is 4.17. The van der Waals surface area contributed by atoms with Gasteiger partial charge in [0.15, 0.2) is 0 Å². The maximum atomic E-state index is 11.4. The first kappa shape index (κ1) is 15.6. The first-order chi connectivity index (χ1) is 9.47. The van der Waals surface area contributed by atoms with Gasteiger partial charge in [0.1, 0.15) is 6.33 Å². The number of nitro groups is 1. The third-order valence-corrected chi connectivity index (χ3v) is 2.48. The van der Waals surface area contributed by atoms with Crippen LogP contribution in [-0.4, -0.2) is 52.9 Å². The van der Waals surface area contributed by atoms with E-state index in [0.717, 1.165) is 0 Å². The van der Waals surface area contributed by atoms with Gasteiger partial charge >= 0.3 is 5.69 Å². The molecule has 0 atom stereocenters. The zero-order valence-electron chi connectivity index (χ0n) is 11.7. The fourth-order valence-electron chi connectivity index (χ4n) is 1.49. The number of amides is 1. The highest BCUT2D eigenvalue weighted by Gasteiger charge is 2.22. The van der Waals surface area contributed by atoms with Crippen LogP contribution in [0.3, 0.4) is 0 Å². The highest BCUT2D eigenvalue weighted by molar-refractivity contribution is 5.76. The van der Waals surface area contributed by atoms with Crippen molar-refractivity contribution in [2.24, 2.45) is 0 Å². The summed E-state index contributed by atoms with van der Waals surface area (Å²) in [7, 11) is 3.30. The van der Waals surface area contributed by atoms with Crippen LogP contribution in [0.4, 0.5) is 17.3 Å². The quantitative estimate of drug-likeness (QED) is 0.559. The molecule has 0 aromatic carbocycles. The summed E-state index contributed by atoms with van der Waals surface area (Å²) in [6.45, 7) is 2.59. The van der Waals surface area contributed by atoms with E-state index in [4.69, 9.17) is 0 Å². The molecular weight excluding hydrogens is 264 g/mol. The molecule has 20 heavy (non-hydrogen) atoms. The van der Waals surface area contributed by atoms with Crippen molar-refractivity contribution in [3.63, 3.8) is 0 Å². The third kappa shape index (κ3) is 4.04. The van der Waals surface area contributed by atoms with Gasteiger partial charge in [-0.25, -0.2) is 9.97 Å². The smallest absolute Gasteiger partial charge is 0.353 e. The van der Waals surface area contributed by atoms with Crippen molar-refractivity contribution in [3.05, 3.63) is 16.4 Å². The Bertz CT molecular complexity index is 491. The SMILES string of the molecule is CCNc1ncnc(NCCC(=O)N(C)C)c1[N+](=O)[O-]. The number of aromatic nitrogens is 2. The average molecular weight is 282 g/mol.